The first-order valence-electron chi connectivity index (χ1n) is 7.22. The molecule has 6 heteroatoms. The van der Waals surface area contributed by atoms with E-state index in [2.05, 4.69) is 15.9 Å². The van der Waals surface area contributed by atoms with Gasteiger partial charge < -0.3 is 4.74 Å². The van der Waals surface area contributed by atoms with Crippen molar-refractivity contribution < 1.29 is 13.2 Å². The standard InChI is InChI=1S/C15H22BrNO3S/c16-14-7-3-2-6-13(14)10-20-11-15(12-21(17,18)19)8-4-1-5-9-15/h2-3,6-7H,1,4-5,8-12H2,(H2,17,18,19). The second-order valence-corrected chi connectivity index (χ2v) is 8.42. The highest BCUT2D eigenvalue weighted by atomic mass is 79.9. The molecule has 2 N–H and O–H groups in total. The van der Waals surface area contributed by atoms with Crippen molar-refractivity contribution in [2.75, 3.05) is 12.4 Å². The number of benzene rings is 1. The van der Waals surface area contributed by atoms with E-state index < -0.39 is 10.0 Å². The Labute approximate surface area is 135 Å². The number of halogens is 1. The molecule has 1 aromatic rings. The topological polar surface area (TPSA) is 69.4 Å². The number of hydrogen-bond donors (Lipinski definition) is 1. The van der Waals surface area contributed by atoms with Crippen molar-refractivity contribution in [2.45, 2.75) is 38.7 Å². The number of hydrogen-bond acceptors (Lipinski definition) is 3. The Morgan fingerprint density at radius 2 is 1.86 bits per heavy atom. The highest BCUT2D eigenvalue weighted by molar-refractivity contribution is 9.10. The molecule has 0 radical (unpaired) electrons. The maximum atomic E-state index is 11.5. The average molecular weight is 376 g/mol. The molecular formula is C15H22BrNO3S. The SMILES string of the molecule is NS(=O)(=O)CC1(COCc2ccccc2Br)CCCCC1. The Morgan fingerprint density at radius 3 is 2.48 bits per heavy atom. The highest BCUT2D eigenvalue weighted by Gasteiger charge is 2.36. The molecule has 0 atom stereocenters. The van der Waals surface area contributed by atoms with Crippen LogP contribution in [0.4, 0.5) is 0 Å². The first kappa shape index (κ1) is 16.9. The number of primary sulfonamides is 1. The normalized spacial score (nSPS) is 18.6. The molecular weight excluding hydrogens is 354 g/mol. The van der Waals surface area contributed by atoms with E-state index in [0.717, 1.165) is 42.1 Å². The van der Waals surface area contributed by atoms with Crippen molar-refractivity contribution in [3.05, 3.63) is 34.3 Å². The van der Waals surface area contributed by atoms with E-state index in [-0.39, 0.29) is 11.2 Å². The fourth-order valence-electron chi connectivity index (χ4n) is 3.05. The van der Waals surface area contributed by atoms with Crippen LogP contribution in [0.3, 0.4) is 0 Å². The van der Waals surface area contributed by atoms with Crippen LogP contribution in [-0.2, 0) is 21.4 Å². The van der Waals surface area contributed by atoms with Crippen molar-refractivity contribution in [1.29, 1.82) is 0 Å². The lowest BCUT2D eigenvalue weighted by Crippen LogP contribution is -2.39. The van der Waals surface area contributed by atoms with Crippen LogP contribution < -0.4 is 5.14 Å². The van der Waals surface area contributed by atoms with Crippen LogP contribution in [0.15, 0.2) is 28.7 Å². The fraction of sp³-hybridized carbons (Fsp3) is 0.600. The zero-order valence-electron chi connectivity index (χ0n) is 12.1. The molecule has 2 rings (SSSR count). The van der Waals surface area contributed by atoms with Gasteiger partial charge in [-0.3, -0.25) is 0 Å². The molecule has 0 unspecified atom stereocenters. The number of nitrogens with two attached hydrogens (primary N) is 1. The summed E-state index contributed by atoms with van der Waals surface area (Å²) in [7, 11) is -3.47. The van der Waals surface area contributed by atoms with Crippen molar-refractivity contribution in [2.24, 2.45) is 10.6 Å². The molecule has 1 aliphatic rings. The summed E-state index contributed by atoms with van der Waals surface area (Å²) in [6.45, 7) is 0.929. The van der Waals surface area contributed by atoms with Gasteiger partial charge in [-0.15, -0.1) is 0 Å². The van der Waals surface area contributed by atoms with Crippen molar-refractivity contribution >= 4 is 26.0 Å². The number of ether oxygens (including phenoxy) is 1. The first-order valence-corrected chi connectivity index (χ1v) is 9.73. The summed E-state index contributed by atoms with van der Waals surface area (Å²) in [5.41, 5.74) is 0.756. The van der Waals surface area contributed by atoms with Crippen LogP contribution in [0.2, 0.25) is 0 Å². The predicted molar refractivity (Wildman–Crippen MR) is 87.3 cm³/mol. The van der Waals surface area contributed by atoms with E-state index in [9.17, 15) is 8.42 Å². The Hall–Kier alpha value is -0.430. The molecule has 0 spiro atoms. The average Bonchev–Trinajstić information content (AvgIpc) is 2.40. The second-order valence-electron chi connectivity index (χ2n) is 5.95. The summed E-state index contributed by atoms with van der Waals surface area (Å²) in [5, 5.41) is 5.27. The third-order valence-electron chi connectivity index (χ3n) is 4.05. The summed E-state index contributed by atoms with van der Waals surface area (Å²) >= 11 is 3.49. The quantitative estimate of drug-likeness (QED) is 0.829. The van der Waals surface area contributed by atoms with Gasteiger partial charge in [-0.05, 0) is 24.5 Å². The molecule has 1 saturated carbocycles. The minimum Gasteiger partial charge on any atom is -0.376 e. The first-order chi connectivity index (χ1) is 9.90. The van der Waals surface area contributed by atoms with Gasteiger partial charge in [0.05, 0.1) is 19.0 Å². The van der Waals surface area contributed by atoms with E-state index in [0.29, 0.717) is 13.2 Å². The molecule has 4 nitrogen and oxygen atoms in total. The second kappa shape index (κ2) is 7.22. The Balaban J connectivity index is 1.98. The van der Waals surface area contributed by atoms with Crippen LogP contribution >= 0.6 is 15.9 Å². The maximum Gasteiger partial charge on any atom is 0.209 e. The van der Waals surface area contributed by atoms with E-state index >= 15 is 0 Å². The largest absolute Gasteiger partial charge is 0.376 e. The van der Waals surface area contributed by atoms with E-state index in [1.165, 1.54) is 0 Å². The third-order valence-corrected chi connectivity index (χ3v) is 5.83. The maximum absolute atomic E-state index is 11.5. The predicted octanol–water partition coefficient (Wildman–Crippen LogP) is 3.20. The van der Waals surface area contributed by atoms with Crippen LogP contribution in [0, 0.1) is 5.41 Å². The molecule has 0 bridgehead atoms. The monoisotopic (exact) mass is 375 g/mol. The zero-order valence-corrected chi connectivity index (χ0v) is 14.5. The van der Waals surface area contributed by atoms with Crippen molar-refractivity contribution in [1.82, 2.24) is 0 Å². The van der Waals surface area contributed by atoms with Gasteiger partial charge in [-0.2, -0.15) is 0 Å². The molecule has 0 aliphatic heterocycles. The fourth-order valence-corrected chi connectivity index (χ4v) is 4.68. The van der Waals surface area contributed by atoms with Crippen LogP contribution in [0.5, 0.6) is 0 Å². The molecule has 0 saturated heterocycles. The summed E-state index contributed by atoms with van der Waals surface area (Å²) < 4.78 is 29.9. The zero-order chi connectivity index (χ0) is 15.3. The van der Waals surface area contributed by atoms with E-state index in [1.807, 2.05) is 24.3 Å². The van der Waals surface area contributed by atoms with E-state index in [1.54, 1.807) is 0 Å². The van der Waals surface area contributed by atoms with Gasteiger partial charge >= 0.3 is 0 Å². The smallest absolute Gasteiger partial charge is 0.209 e. The third kappa shape index (κ3) is 5.36. The molecule has 1 aliphatic carbocycles. The summed E-state index contributed by atoms with van der Waals surface area (Å²) in [5.74, 6) is 0.0238. The van der Waals surface area contributed by atoms with Crippen molar-refractivity contribution in [3.8, 4) is 0 Å². The Morgan fingerprint density at radius 1 is 1.19 bits per heavy atom. The van der Waals surface area contributed by atoms with E-state index in [4.69, 9.17) is 9.88 Å². The van der Waals surface area contributed by atoms with Gasteiger partial charge in [0.2, 0.25) is 10.0 Å². The van der Waals surface area contributed by atoms with Crippen LogP contribution in [0.25, 0.3) is 0 Å². The number of sulfonamides is 1. The molecule has 0 amide bonds. The van der Waals surface area contributed by atoms with Gasteiger partial charge in [0.1, 0.15) is 0 Å². The molecule has 0 aromatic heterocycles. The van der Waals surface area contributed by atoms with Crippen LogP contribution in [-0.4, -0.2) is 20.8 Å². The number of rotatable bonds is 6. The van der Waals surface area contributed by atoms with Gasteiger partial charge in [-0.25, -0.2) is 13.6 Å². The lowest BCUT2D eigenvalue weighted by Gasteiger charge is -2.36. The summed E-state index contributed by atoms with van der Waals surface area (Å²) in [6, 6.07) is 7.89. The summed E-state index contributed by atoms with van der Waals surface area (Å²) in [4.78, 5) is 0. The van der Waals surface area contributed by atoms with Crippen molar-refractivity contribution in [3.63, 3.8) is 0 Å². The minimum absolute atomic E-state index is 0.0238. The lowest BCUT2D eigenvalue weighted by atomic mass is 9.76. The summed E-state index contributed by atoms with van der Waals surface area (Å²) in [6.07, 6.45) is 5.01. The Bertz CT molecular complexity index is 568. The van der Waals surface area contributed by atoms with Gasteiger partial charge in [-0.1, -0.05) is 53.4 Å². The van der Waals surface area contributed by atoms with Gasteiger partial charge in [0, 0.05) is 9.89 Å². The molecule has 21 heavy (non-hydrogen) atoms. The van der Waals surface area contributed by atoms with Crippen LogP contribution in [0.1, 0.15) is 37.7 Å². The lowest BCUT2D eigenvalue weighted by molar-refractivity contribution is 0.0238. The molecule has 1 fully saturated rings. The minimum atomic E-state index is -3.47. The Kier molecular flexibility index (Phi) is 5.82. The highest BCUT2D eigenvalue weighted by Crippen LogP contribution is 2.37. The molecule has 0 heterocycles. The van der Waals surface area contributed by atoms with Gasteiger partial charge in [0.25, 0.3) is 0 Å². The molecule has 118 valence electrons. The van der Waals surface area contributed by atoms with Gasteiger partial charge in [0.15, 0.2) is 0 Å². The molecule has 1 aromatic carbocycles.